The lowest BCUT2D eigenvalue weighted by Gasteiger charge is -2.13. The Balaban J connectivity index is 1.83. The van der Waals surface area contributed by atoms with Gasteiger partial charge in [0.05, 0.1) is 5.69 Å². The minimum absolute atomic E-state index is 0.101. The summed E-state index contributed by atoms with van der Waals surface area (Å²) in [6.07, 6.45) is 0.612. The number of aromatic nitrogens is 1. The maximum atomic E-state index is 10.4. The maximum absolute atomic E-state index is 10.4. The normalized spacial score (nSPS) is 12.2. The van der Waals surface area contributed by atoms with Gasteiger partial charge in [-0.3, -0.25) is 0 Å². The second-order valence-corrected chi connectivity index (χ2v) is 7.25. The molecule has 1 aromatic heterocycles. The molecule has 1 aliphatic rings. The molecular weight excluding hydrogens is 424 g/mol. The molecule has 0 aliphatic carbocycles. The van der Waals surface area contributed by atoms with Crippen LogP contribution in [0, 0.1) is 0 Å². The highest BCUT2D eigenvalue weighted by Gasteiger charge is 2.20. The van der Waals surface area contributed by atoms with Gasteiger partial charge in [0.25, 0.3) is 0 Å². The van der Waals surface area contributed by atoms with Crippen molar-refractivity contribution in [3.05, 3.63) is 53.0 Å². The summed E-state index contributed by atoms with van der Waals surface area (Å²) in [4.78, 5) is 4.65. The lowest BCUT2D eigenvalue weighted by Crippen LogP contribution is -2.06. The van der Waals surface area contributed by atoms with Crippen LogP contribution in [-0.2, 0) is 0 Å². The minimum atomic E-state index is 0.101. The van der Waals surface area contributed by atoms with Crippen molar-refractivity contribution in [3.8, 4) is 39.6 Å². The van der Waals surface area contributed by atoms with Crippen LogP contribution in [0.3, 0.4) is 0 Å². The molecule has 0 bridgehead atoms. The number of halogens is 1. The Kier molecular flexibility index (Phi) is 5.36. The number of para-hydroxylation sites is 1. The molecule has 0 radical (unpaired) electrons. The quantitative estimate of drug-likeness (QED) is 0.490. The number of aromatic hydroxyl groups is 1. The maximum Gasteiger partial charge on any atom is 0.231 e. The first-order valence-corrected chi connectivity index (χ1v) is 9.69. The van der Waals surface area contributed by atoms with Crippen LogP contribution in [0.5, 0.6) is 17.2 Å². The molecule has 0 spiro atoms. The van der Waals surface area contributed by atoms with E-state index >= 15 is 0 Å². The molecule has 0 atom stereocenters. The fourth-order valence-electron chi connectivity index (χ4n) is 3.08. The Morgan fingerprint density at radius 1 is 1.07 bits per heavy atom. The van der Waals surface area contributed by atoms with Gasteiger partial charge < -0.3 is 25.0 Å². The van der Waals surface area contributed by atoms with Crippen molar-refractivity contribution >= 4 is 21.7 Å². The summed E-state index contributed by atoms with van der Waals surface area (Å²) < 4.78 is 12.0. The molecule has 7 heteroatoms. The van der Waals surface area contributed by atoms with E-state index in [2.05, 4.69) is 26.2 Å². The Hall–Kier alpha value is -2.77. The molecule has 4 rings (SSSR count). The SMILES string of the molecule is OCCCNc1cc(-c2cccc3c2OCO3)cc(-c2cc(Br)ccc2O)n1. The average Bonchev–Trinajstić information content (AvgIpc) is 3.19. The summed E-state index contributed by atoms with van der Waals surface area (Å²) in [5.74, 6) is 2.19. The van der Waals surface area contributed by atoms with Crippen molar-refractivity contribution in [3.63, 3.8) is 0 Å². The first-order valence-electron chi connectivity index (χ1n) is 8.90. The number of hydrogen-bond donors (Lipinski definition) is 3. The van der Waals surface area contributed by atoms with Gasteiger partial charge in [-0.15, -0.1) is 0 Å². The standard InChI is InChI=1S/C21H19BrN2O4/c22-14-5-6-18(26)16(11-14)17-9-13(10-20(24-17)23-7-2-8-25)15-3-1-4-19-21(15)28-12-27-19/h1,3-6,9-11,25-26H,2,7-8,12H2,(H,23,24). The number of benzene rings is 2. The van der Waals surface area contributed by atoms with Gasteiger partial charge in [0.1, 0.15) is 11.6 Å². The number of fused-ring (bicyclic) bond motifs is 1. The van der Waals surface area contributed by atoms with E-state index in [1.165, 1.54) is 0 Å². The molecule has 6 nitrogen and oxygen atoms in total. The summed E-state index contributed by atoms with van der Waals surface area (Å²) in [6.45, 7) is 0.880. The number of hydrogen-bond acceptors (Lipinski definition) is 6. The van der Waals surface area contributed by atoms with Crippen LogP contribution in [0.15, 0.2) is 53.0 Å². The number of nitrogens with one attached hydrogen (secondary N) is 1. The first kappa shape index (κ1) is 18.6. The van der Waals surface area contributed by atoms with E-state index < -0.39 is 0 Å². The molecule has 0 saturated heterocycles. The number of phenols is 1. The first-order chi connectivity index (χ1) is 13.7. The fourth-order valence-corrected chi connectivity index (χ4v) is 3.44. The summed E-state index contributed by atoms with van der Waals surface area (Å²) in [5.41, 5.74) is 3.02. The number of phenolic OH excluding ortho intramolecular Hbond substituents is 1. The number of rotatable bonds is 6. The second kappa shape index (κ2) is 8.08. The number of pyridine rings is 1. The minimum Gasteiger partial charge on any atom is -0.507 e. The third-order valence-electron chi connectivity index (χ3n) is 4.41. The summed E-state index contributed by atoms with van der Waals surface area (Å²) >= 11 is 3.45. The zero-order valence-corrected chi connectivity index (χ0v) is 16.6. The smallest absolute Gasteiger partial charge is 0.231 e. The Bertz CT molecular complexity index is 1010. The predicted molar refractivity (Wildman–Crippen MR) is 111 cm³/mol. The van der Waals surface area contributed by atoms with E-state index in [0.717, 1.165) is 15.6 Å². The van der Waals surface area contributed by atoms with Crippen molar-refractivity contribution < 1.29 is 19.7 Å². The number of ether oxygens (including phenoxy) is 2. The van der Waals surface area contributed by atoms with Crippen LogP contribution in [0.2, 0.25) is 0 Å². The topological polar surface area (TPSA) is 83.8 Å². The molecule has 0 unspecified atom stereocenters. The van der Waals surface area contributed by atoms with Gasteiger partial charge in [-0.25, -0.2) is 4.98 Å². The molecule has 0 saturated carbocycles. The van der Waals surface area contributed by atoms with Crippen molar-refractivity contribution in [2.75, 3.05) is 25.3 Å². The number of aliphatic hydroxyl groups is 1. The van der Waals surface area contributed by atoms with Gasteiger partial charge in [-0.2, -0.15) is 0 Å². The van der Waals surface area contributed by atoms with Gasteiger partial charge in [0, 0.05) is 28.8 Å². The van der Waals surface area contributed by atoms with Gasteiger partial charge in [0.15, 0.2) is 11.5 Å². The van der Waals surface area contributed by atoms with E-state index in [4.69, 9.17) is 14.6 Å². The molecule has 3 aromatic rings. The summed E-state index contributed by atoms with van der Waals surface area (Å²) in [5, 5.41) is 22.6. The van der Waals surface area contributed by atoms with Crippen LogP contribution in [0.4, 0.5) is 5.82 Å². The van der Waals surface area contributed by atoms with Gasteiger partial charge in [0.2, 0.25) is 6.79 Å². The molecule has 3 N–H and O–H groups in total. The van der Waals surface area contributed by atoms with Gasteiger partial charge in [-0.1, -0.05) is 28.1 Å². The lowest BCUT2D eigenvalue weighted by atomic mass is 10.0. The monoisotopic (exact) mass is 442 g/mol. The number of anilines is 1. The van der Waals surface area contributed by atoms with Crippen molar-refractivity contribution in [1.82, 2.24) is 4.98 Å². The average molecular weight is 443 g/mol. The van der Waals surface area contributed by atoms with Crippen molar-refractivity contribution in [1.29, 1.82) is 0 Å². The highest BCUT2D eigenvalue weighted by atomic mass is 79.9. The molecule has 1 aliphatic heterocycles. The van der Waals surface area contributed by atoms with Crippen LogP contribution in [0.25, 0.3) is 22.4 Å². The van der Waals surface area contributed by atoms with E-state index in [-0.39, 0.29) is 19.1 Å². The second-order valence-electron chi connectivity index (χ2n) is 6.33. The number of aliphatic hydroxyl groups excluding tert-OH is 1. The molecule has 28 heavy (non-hydrogen) atoms. The zero-order valence-electron chi connectivity index (χ0n) is 15.0. The van der Waals surface area contributed by atoms with E-state index in [9.17, 15) is 5.11 Å². The largest absolute Gasteiger partial charge is 0.507 e. The zero-order chi connectivity index (χ0) is 19.5. The number of nitrogens with zero attached hydrogens (tertiary/aromatic N) is 1. The Morgan fingerprint density at radius 3 is 2.82 bits per heavy atom. The highest BCUT2D eigenvalue weighted by molar-refractivity contribution is 9.10. The van der Waals surface area contributed by atoms with Crippen molar-refractivity contribution in [2.45, 2.75) is 6.42 Å². The van der Waals surface area contributed by atoms with Crippen LogP contribution in [0.1, 0.15) is 6.42 Å². The summed E-state index contributed by atoms with van der Waals surface area (Å²) in [7, 11) is 0. The molecule has 0 amide bonds. The third-order valence-corrected chi connectivity index (χ3v) is 4.90. The predicted octanol–water partition coefficient (Wildman–Crippen LogP) is 4.41. The molecule has 144 valence electrons. The van der Waals surface area contributed by atoms with E-state index in [0.29, 0.717) is 41.5 Å². The van der Waals surface area contributed by atoms with Gasteiger partial charge >= 0.3 is 0 Å². The van der Waals surface area contributed by atoms with Crippen LogP contribution in [-0.4, -0.2) is 35.1 Å². The van der Waals surface area contributed by atoms with Crippen molar-refractivity contribution in [2.24, 2.45) is 0 Å². The Morgan fingerprint density at radius 2 is 1.96 bits per heavy atom. The van der Waals surface area contributed by atoms with E-state index in [1.54, 1.807) is 12.1 Å². The summed E-state index contributed by atoms with van der Waals surface area (Å²) in [6, 6.07) is 14.8. The molecule has 2 heterocycles. The van der Waals surface area contributed by atoms with Crippen LogP contribution < -0.4 is 14.8 Å². The Labute approximate surface area is 170 Å². The van der Waals surface area contributed by atoms with Gasteiger partial charge in [-0.05, 0) is 48.4 Å². The lowest BCUT2D eigenvalue weighted by molar-refractivity contribution is 0.174. The highest BCUT2D eigenvalue weighted by Crippen LogP contribution is 2.43. The molecular formula is C21H19BrN2O4. The molecule has 2 aromatic carbocycles. The fraction of sp³-hybridized carbons (Fsp3) is 0.190. The third kappa shape index (κ3) is 3.76. The van der Waals surface area contributed by atoms with Crippen LogP contribution >= 0.6 is 15.9 Å². The molecule has 0 fully saturated rings. The van der Waals surface area contributed by atoms with E-state index in [1.807, 2.05) is 36.4 Å².